The van der Waals surface area contributed by atoms with Gasteiger partial charge < -0.3 is 15.6 Å². The lowest BCUT2D eigenvalue weighted by Gasteiger charge is -2.07. The van der Waals surface area contributed by atoms with Crippen LogP contribution in [-0.2, 0) is 4.79 Å². The molecule has 0 unspecified atom stereocenters. The monoisotopic (exact) mass is 348 g/mol. The molecule has 3 N–H and O–H groups in total. The molecule has 3 aromatic rings. The van der Waals surface area contributed by atoms with Crippen molar-refractivity contribution < 1.29 is 14.0 Å². The first kappa shape index (κ1) is 15.8. The van der Waals surface area contributed by atoms with Crippen LogP contribution in [0.15, 0.2) is 55.0 Å². The van der Waals surface area contributed by atoms with Gasteiger partial charge in [0.05, 0.1) is 23.8 Å². The molecule has 0 aliphatic carbocycles. The number of amides is 2. The Balaban J connectivity index is 1.63. The number of nitrogens with one attached hydrogen (secondary N) is 3. The number of rotatable bonds is 3. The van der Waals surface area contributed by atoms with E-state index in [9.17, 15) is 14.0 Å². The van der Waals surface area contributed by atoms with Crippen LogP contribution in [0.4, 0.5) is 15.8 Å². The van der Waals surface area contributed by atoms with Gasteiger partial charge in [0.25, 0.3) is 11.8 Å². The van der Waals surface area contributed by atoms with E-state index in [1.54, 1.807) is 30.5 Å². The molecule has 1 aliphatic heterocycles. The number of aromatic amines is 1. The van der Waals surface area contributed by atoms with E-state index in [2.05, 4.69) is 20.6 Å². The Hall–Kier alpha value is -3.74. The van der Waals surface area contributed by atoms with Gasteiger partial charge in [0, 0.05) is 22.5 Å². The van der Waals surface area contributed by atoms with Gasteiger partial charge in [0.15, 0.2) is 0 Å². The summed E-state index contributed by atoms with van der Waals surface area (Å²) in [4.78, 5) is 31.3. The van der Waals surface area contributed by atoms with Crippen molar-refractivity contribution in [1.82, 2.24) is 9.97 Å². The summed E-state index contributed by atoms with van der Waals surface area (Å²) in [5.74, 6) is -0.991. The molecule has 0 fully saturated rings. The first-order valence-electron chi connectivity index (χ1n) is 7.83. The second-order valence-corrected chi connectivity index (χ2v) is 5.74. The summed E-state index contributed by atoms with van der Waals surface area (Å²) in [5.41, 5.74) is 3.40. The molecule has 0 atom stereocenters. The van der Waals surface area contributed by atoms with E-state index in [4.69, 9.17) is 0 Å². The standard InChI is InChI=1S/C19H13FN4O2/c20-12-3-1-11(2-4-12)18(25)23-13-5-6-17-15(7-13)16(19(26)24-17)8-14-9-21-10-22-14/h1-10H,(H,21,22)(H,23,25)(H,24,26)/b16-8-. The van der Waals surface area contributed by atoms with Crippen LogP contribution in [0.2, 0.25) is 0 Å². The van der Waals surface area contributed by atoms with E-state index in [1.165, 1.54) is 30.6 Å². The van der Waals surface area contributed by atoms with Crippen molar-refractivity contribution >= 4 is 34.8 Å². The average molecular weight is 348 g/mol. The van der Waals surface area contributed by atoms with Crippen molar-refractivity contribution in [3.63, 3.8) is 0 Å². The van der Waals surface area contributed by atoms with E-state index in [0.29, 0.717) is 33.8 Å². The van der Waals surface area contributed by atoms with E-state index in [-0.39, 0.29) is 11.8 Å². The predicted molar refractivity (Wildman–Crippen MR) is 95.9 cm³/mol. The first-order chi connectivity index (χ1) is 12.6. The van der Waals surface area contributed by atoms with Crippen LogP contribution in [0.5, 0.6) is 0 Å². The molecule has 2 heterocycles. The number of hydrogen-bond acceptors (Lipinski definition) is 3. The van der Waals surface area contributed by atoms with Crippen LogP contribution in [0.3, 0.4) is 0 Å². The maximum atomic E-state index is 13.0. The third-order valence-corrected chi connectivity index (χ3v) is 3.99. The van der Waals surface area contributed by atoms with Crippen LogP contribution < -0.4 is 10.6 Å². The van der Waals surface area contributed by atoms with Gasteiger partial charge in [-0.1, -0.05) is 0 Å². The maximum absolute atomic E-state index is 13.0. The maximum Gasteiger partial charge on any atom is 0.256 e. The van der Waals surface area contributed by atoms with Crippen LogP contribution in [-0.4, -0.2) is 21.8 Å². The third-order valence-electron chi connectivity index (χ3n) is 3.99. The molecule has 1 aromatic heterocycles. The Morgan fingerprint density at radius 2 is 1.96 bits per heavy atom. The van der Waals surface area contributed by atoms with Crippen LogP contribution in [0, 0.1) is 5.82 Å². The Bertz CT molecular complexity index is 1020. The van der Waals surface area contributed by atoms with Gasteiger partial charge in [-0.3, -0.25) is 9.59 Å². The number of benzene rings is 2. The summed E-state index contributed by atoms with van der Waals surface area (Å²) in [6.07, 6.45) is 4.83. The molecule has 0 bridgehead atoms. The number of fused-ring (bicyclic) bond motifs is 1. The number of aromatic nitrogens is 2. The topological polar surface area (TPSA) is 86.9 Å². The Morgan fingerprint density at radius 1 is 1.15 bits per heavy atom. The summed E-state index contributed by atoms with van der Waals surface area (Å²) in [6.45, 7) is 0. The fourth-order valence-corrected chi connectivity index (χ4v) is 2.71. The third kappa shape index (κ3) is 2.98. The molecule has 0 radical (unpaired) electrons. The average Bonchev–Trinajstić information content (AvgIpc) is 3.24. The predicted octanol–water partition coefficient (Wildman–Crippen LogP) is 3.29. The van der Waals surface area contributed by atoms with Gasteiger partial charge in [0.2, 0.25) is 0 Å². The van der Waals surface area contributed by atoms with E-state index in [1.807, 2.05) is 0 Å². The number of imidazole rings is 1. The van der Waals surface area contributed by atoms with Crippen molar-refractivity contribution in [3.8, 4) is 0 Å². The molecule has 1 aliphatic rings. The Kier molecular flexibility index (Phi) is 3.81. The largest absolute Gasteiger partial charge is 0.345 e. The number of nitrogens with zero attached hydrogens (tertiary/aromatic N) is 1. The van der Waals surface area contributed by atoms with E-state index < -0.39 is 5.82 Å². The fourth-order valence-electron chi connectivity index (χ4n) is 2.71. The number of hydrogen-bond donors (Lipinski definition) is 3. The summed E-state index contributed by atoms with van der Waals surface area (Å²) >= 11 is 0. The second kappa shape index (κ2) is 6.29. The van der Waals surface area contributed by atoms with Crippen molar-refractivity contribution in [2.24, 2.45) is 0 Å². The SMILES string of the molecule is O=C1Nc2ccc(NC(=O)c3ccc(F)cc3)cc2/C1=C/c1cnc[nH]1. The molecule has 2 aromatic carbocycles. The summed E-state index contributed by atoms with van der Waals surface area (Å²) in [7, 11) is 0. The van der Waals surface area contributed by atoms with Gasteiger partial charge in [-0.15, -0.1) is 0 Å². The molecule has 0 spiro atoms. The highest BCUT2D eigenvalue weighted by molar-refractivity contribution is 6.35. The molecular formula is C19H13FN4O2. The molecule has 4 rings (SSSR count). The molecular weight excluding hydrogens is 335 g/mol. The lowest BCUT2D eigenvalue weighted by molar-refractivity contribution is -0.110. The molecule has 7 heteroatoms. The second-order valence-electron chi connectivity index (χ2n) is 5.74. The van der Waals surface area contributed by atoms with Crippen molar-refractivity contribution in [2.45, 2.75) is 0 Å². The highest BCUT2D eigenvalue weighted by Gasteiger charge is 2.24. The summed E-state index contributed by atoms with van der Waals surface area (Å²) in [5, 5.41) is 5.54. The van der Waals surface area contributed by atoms with Crippen LogP contribution >= 0.6 is 0 Å². The van der Waals surface area contributed by atoms with Crippen LogP contribution in [0.1, 0.15) is 21.6 Å². The zero-order valence-electron chi connectivity index (χ0n) is 13.4. The Labute approximate surface area is 147 Å². The molecule has 2 amide bonds. The fraction of sp³-hybridized carbons (Fsp3) is 0. The number of H-pyrrole nitrogens is 1. The summed E-state index contributed by atoms with van der Waals surface area (Å²) in [6, 6.07) is 10.4. The number of carbonyl (C=O) groups is 2. The lowest BCUT2D eigenvalue weighted by Crippen LogP contribution is -2.11. The number of halogens is 1. The number of carbonyl (C=O) groups excluding carboxylic acids is 2. The molecule has 128 valence electrons. The van der Waals surface area contributed by atoms with Gasteiger partial charge in [-0.2, -0.15) is 0 Å². The quantitative estimate of drug-likeness (QED) is 0.635. The van der Waals surface area contributed by atoms with Gasteiger partial charge in [0.1, 0.15) is 5.82 Å². The summed E-state index contributed by atoms with van der Waals surface area (Å²) < 4.78 is 13.0. The highest BCUT2D eigenvalue weighted by Crippen LogP contribution is 2.34. The molecule has 0 saturated carbocycles. The highest BCUT2D eigenvalue weighted by atomic mass is 19.1. The molecule has 0 saturated heterocycles. The minimum absolute atomic E-state index is 0.225. The molecule has 6 nitrogen and oxygen atoms in total. The number of anilines is 2. The van der Waals surface area contributed by atoms with Gasteiger partial charge in [-0.25, -0.2) is 9.37 Å². The Morgan fingerprint density at radius 3 is 2.69 bits per heavy atom. The molecule has 26 heavy (non-hydrogen) atoms. The van der Waals surface area contributed by atoms with Gasteiger partial charge >= 0.3 is 0 Å². The van der Waals surface area contributed by atoms with Crippen molar-refractivity contribution in [3.05, 3.63) is 77.6 Å². The van der Waals surface area contributed by atoms with Gasteiger partial charge in [-0.05, 0) is 48.5 Å². The minimum Gasteiger partial charge on any atom is -0.345 e. The zero-order valence-corrected chi connectivity index (χ0v) is 13.4. The normalized spacial score (nSPS) is 14.2. The minimum atomic E-state index is -0.405. The lowest BCUT2D eigenvalue weighted by atomic mass is 10.1. The van der Waals surface area contributed by atoms with E-state index in [0.717, 1.165) is 0 Å². The zero-order chi connectivity index (χ0) is 18.1. The van der Waals surface area contributed by atoms with Crippen molar-refractivity contribution in [2.75, 3.05) is 10.6 Å². The smallest absolute Gasteiger partial charge is 0.256 e. The van der Waals surface area contributed by atoms with E-state index >= 15 is 0 Å². The van der Waals surface area contributed by atoms with Crippen LogP contribution in [0.25, 0.3) is 11.6 Å². The first-order valence-corrected chi connectivity index (χ1v) is 7.83. The van der Waals surface area contributed by atoms with Crippen molar-refractivity contribution in [1.29, 1.82) is 0 Å².